The van der Waals surface area contributed by atoms with Crippen LogP contribution < -0.4 is 10.6 Å². The highest BCUT2D eigenvalue weighted by atomic mass is 32.1. The molecule has 1 atom stereocenters. The lowest BCUT2D eigenvalue weighted by Gasteiger charge is -2.16. The summed E-state index contributed by atoms with van der Waals surface area (Å²) in [5, 5.41) is 7.46. The summed E-state index contributed by atoms with van der Waals surface area (Å²) in [5.74, 6) is -0.653. The maximum Gasteiger partial charge on any atom is 0.222 e. The van der Waals surface area contributed by atoms with Crippen LogP contribution in [0.15, 0.2) is 41.8 Å². The van der Waals surface area contributed by atoms with Crippen molar-refractivity contribution in [3.05, 3.63) is 58.0 Å². The van der Waals surface area contributed by atoms with E-state index in [1.807, 2.05) is 17.5 Å². The summed E-state index contributed by atoms with van der Waals surface area (Å²) < 4.78 is 12.8. The van der Waals surface area contributed by atoms with Crippen LogP contribution in [-0.4, -0.2) is 11.8 Å². The molecule has 2 aromatic rings. The van der Waals surface area contributed by atoms with Gasteiger partial charge in [-0.2, -0.15) is 0 Å². The molecule has 0 spiro atoms. The van der Waals surface area contributed by atoms with Gasteiger partial charge in [0.05, 0.1) is 12.5 Å². The van der Waals surface area contributed by atoms with Crippen molar-refractivity contribution in [1.29, 1.82) is 0 Å². The molecule has 2 N–H and O–H groups in total. The lowest BCUT2D eigenvalue weighted by Crippen LogP contribution is -2.32. The van der Waals surface area contributed by atoms with Gasteiger partial charge >= 0.3 is 0 Å². The SMILES string of the molecule is CC(=O)N[C@@H](CC(=O)NCc1ccc(F)cc1)c1cccs1. The molecule has 0 radical (unpaired) electrons. The summed E-state index contributed by atoms with van der Waals surface area (Å²) in [6.45, 7) is 1.76. The van der Waals surface area contributed by atoms with Crippen molar-refractivity contribution in [2.24, 2.45) is 0 Å². The van der Waals surface area contributed by atoms with Crippen LogP contribution in [0.5, 0.6) is 0 Å². The second-order valence-electron chi connectivity index (χ2n) is 4.88. The molecule has 4 nitrogen and oxygen atoms in total. The van der Waals surface area contributed by atoms with Gasteiger partial charge in [-0.15, -0.1) is 11.3 Å². The van der Waals surface area contributed by atoms with E-state index in [4.69, 9.17) is 0 Å². The number of benzene rings is 1. The molecule has 2 amide bonds. The summed E-state index contributed by atoms with van der Waals surface area (Å²) in [5.41, 5.74) is 0.821. The molecule has 0 fully saturated rings. The minimum atomic E-state index is -0.328. The summed E-state index contributed by atoms with van der Waals surface area (Å²) in [7, 11) is 0. The van der Waals surface area contributed by atoms with Gasteiger partial charge in [0.2, 0.25) is 11.8 Å². The third-order valence-corrected chi connectivity index (χ3v) is 4.04. The third kappa shape index (κ3) is 4.96. The molecule has 0 saturated carbocycles. The van der Waals surface area contributed by atoms with E-state index in [9.17, 15) is 14.0 Å². The summed E-state index contributed by atoms with van der Waals surface area (Å²) >= 11 is 1.49. The smallest absolute Gasteiger partial charge is 0.222 e. The number of thiophene rings is 1. The van der Waals surface area contributed by atoms with E-state index in [1.165, 1.54) is 30.4 Å². The lowest BCUT2D eigenvalue weighted by atomic mass is 10.1. The Morgan fingerprint density at radius 1 is 1.23 bits per heavy atom. The Bertz CT molecular complexity index is 626. The van der Waals surface area contributed by atoms with Gasteiger partial charge in [0.1, 0.15) is 5.82 Å². The Labute approximate surface area is 132 Å². The summed E-state index contributed by atoms with van der Waals surface area (Å²) in [6.07, 6.45) is 0.168. The van der Waals surface area contributed by atoms with Crippen molar-refractivity contribution < 1.29 is 14.0 Å². The molecule has 0 bridgehead atoms. The highest BCUT2D eigenvalue weighted by molar-refractivity contribution is 7.10. The number of rotatable bonds is 6. The molecular formula is C16H17FN2O2S. The van der Waals surface area contributed by atoms with Crippen molar-refractivity contribution in [3.63, 3.8) is 0 Å². The van der Waals surface area contributed by atoms with Crippen LogP contribution in [0.4, 0.5) is 4.39 Å². The van der Waals surface area contributed by atoms with Gasteiger partial charge in [0, 0.05) is 18.3 Å². The quantitative estimate of drug-likeness (QED) is 0.860. The number of halogens is 1. The first kappa shape index (κ1) is 16.2. The first-order valence-electron chi connectivity index (χ1n) is 6.86. The van der Waals surface area contributed by atoms with Gasteiger partial charge in [-0.3, -0.25) is 9.59 Å². The first-order valence-corrected chi connectivity index (χ1v) is 7.74. The topological polar surface area (TPSA) is 58.2 Å². The van der Waals surface area contributed by atoms with Crippen LogP contribution in [-0.2, 0) is 16.1 Å². The minimum absolute atomic E-state index is 0.168. The highest BCUT2D eigenvalue weighted by Crippen LogP contribution is 2.22. The van der Waals surface area contributed by atoms with E-state index in [1.54, 1.807) is 12.1 Å². The molecule has 1 aromatic carbocycles. The van der Waals surface area contributed by atoms with Crippen molar-refractivity contribution in [3.8, 4) is 0 Å². The normalized spacial score (nSPS) is 11.7. The fourth-order valence-electron chi connectivity index (χ4n) is 2.02. The van der Waals surface area contributed by atoms with Gasteiger partial charge < -0.3 is 10.6 Å². The number of carbonyl (C=O) groups excluding carboxylic acids is 2. The molecule has 0 saturated heterocycles. The average Bonchev–Trinajstić information content (AvgIpc) is 3.00. The molecule has 1 aromatic heterocycles. The minimum Gasteiger partial charge on any atom is -0.352 e. The van der Waals surface area contributed by atoms with Crippen molar-refractivity contribution in [2.45, 2.75) is 25.9 Å². The maximum atomic E-state index is 12.8. The van der Waals surface area contributed by atoms with Crippen LogP contribution in [0.1, 0.15) is 29.8 Å². The summed E-state index contributed by atoms with van der Waals surface area (Å²) in [4.78, 5) is 24.2. The Balaban J connectivity index is 1.90. The molecule has 116 valence electrons. The van der Waals surface area contributed by atoms with E-state index in [0.717, 1.165) is 10.4 Å². The van der Waals surface area contributed by atoms with Crippen LogP contribution in [0, 0.1) is 5.82 Å². The van der Waals surface area contributed by atoms with E-state index in [0.29, 0.717) is 6.54 Å². The molecular weight excluding hydrogens is 303 g/mol. The van der Waals surface area contributed by atoms with Crippen LogP contribution in [0.3, 0.4) is 0 Å². The van der Waals surface area contributed by atoms with Gasteiger partial charge in [-0.25, -0.2) is 4.39 Å². The van der Waals surface area contributed by atoms with Crippen LogP contribution in [0.2, 0.25) is 0 Å². The zero-order valence-electron chi connectivity index (χ0n) is 12.1. The first-order chi connectivity index (χ1) is 10.5. The standard InChI is InChI=1S/C16H17FN2O2S/c1-11(20)19-14(15-3-2-8-22-15)9-16(21)18-10-12-4-6-13(17)7-5-12/h2-8,14H,9-10H2,1H3,(H,18,21)(H,19,20)/t14-/m0/s1. The van der Waals surface area contributed by atoms with Crippen LogP contribution >= 0.6 is 11.3 Å². The van der Waals surface area contributed by atoms with Gasteiger partial charge in [-0.05, 0) is 29.1 Å². The van der Waals surface area contributed by atoms with E-state index < -0.39 is 0 Å². The van der Waals surface area contributed by atoms with Crippen LogP contribution in [0.25, 0.3) is 0 Å². The Morgan fingerprint density at radius 3 is 2.55 bits per heavy atom. The highest BCUT2D eigenvalue weighted by Gasteiger charge is 2.17. The Hall–Kier alpha value is -2.21. The number of nitrogens with one attached hydrogen (secondary N) is 2. The number of hydrogen-bond acceptors (Lipinski definition) is 3. The van der Waals surface area contributed by atoms with Crippen molar-refractivity contribution in [2.75, 3.05) is 0 Å². The van der Waals surface area contributed by atoms with E-state index >= 15 is 0 Å². The number of hydrogen-bond donors (Lipinski definition) is 2. The monoisotopic (exact) mass is 320 g/mol. The summed E-state index contributed by atoms with van der Waals surface area (Å²) in [6, 6.07) is 9.40. The predicted molar refractivity (Wildman–Crippen MR) is 83.7 cm³/mol. The van der Waals surface area contributed by atoms with E-state index in [-0.39, 0.29) is 30.1 Å². The number of amides is 2. The van der Waals surface area contributed by atoms with Crippen molar-refractivity contribution >= 4 is 23.2 Å². The molecule has 6 heteroatoms. The molecule has 0 aliphatic heterocycles. The van der Waals surface area contributed by atoms with Gasteiger partial charge in [0.15, 0.2) is 0 Å². The Kier molecular flexibility index (Phi) is 5.66. The van der Waals surface area contributed by atoms with Gasteiger partial charge in [0.25, 0.3) is 0 Å². The predicted octanol–water partition coefficient (Wildman–Crippen LogP) is 2.77. The second-order valence-corrected chi connectivity index (χ2v) is 5.86. The zero-order chi connectivity index (χ0) is 15.9. The molecule has 0 unspecified atom stereocenters. The lowest BCUT2D eigenvalue weighted by molar-refractivity contribution is -0.122. The fraction of sp³-hybridized carbons (Fsp3) is 0.250. The molecule has 1 heterocycles. The Morgan fingerprint density at radius 2 is 1.95 bits per heavy atom. The maximum absolute atomic E-state index is 12.8. The average molecular weight is 320 g/mol. The largest absolute Gasteiger partial charge is 0.352 e. The molecule has 0 aliphatic rings. The second kappa shape index (κ2) is 7.70. The van der Waals surface area contributed by atoms with Gasteiger partial charge in [-0.1, -0.05) is 18.2 Å². The van der Waals surface area contributed by atoms with Crippen molar-refractivity contribution in [1.82, 2.24) is 10.6 Å². The zero-order valence-corrected chi connectivity index (χ0v) is 13.0. The number of carbonyl (C=O) groups is 2. The molecule has 0 aliphatic carbocycles. The van der Waals surface area contributed by atoms with E-state index in [2.05, 4.69) is 10.6 Å². The fourth-order valence-corrected chi connectivity index (χ4v) is 2.80. The molecule has 2 rings (SSSR count). The third-order valence-electron chi connectivity index (χ3n) is 3.06. The molecule has 22 heavy (non-hydrogen) atoms.